The van der Waals surface area contributed by atoms with Crippen LogP contribution in [0, 0.1) is 12.7 Å². The molecule has 1 atom stereocenters. The summed E-state index contributed by atoms with van der Waals surface area (Å²) < 4.78 is 13.5. The van der Waals surface area contributed by atoms with Crippen LogP contribution in [0.4, 0.5) is 10.1 Å². The third-order valence-electron chi connectivity index (χ3n) is 5.11. The molecule has 1 aliphatic heterocycles. The predicted octanol–water partition coefficient (Wildman–Crippen LogP) is 5.41. The average molecular weight is 422 g/mol. The first-order valence-corrected chi connectivity index (χ1v) is 9.64. The normalized spacial score (nSPS) is 18.1. The van der Waals surface area contributed by atoms with Gasteiger partial charge in [-0.2, -0.15) is 0 Å². The number of halogens is 2. The molecule has 4 rings (SSSR count). The van der Waals surface area contributed by atoms with Crippen molar-refractivity contribution in [1.82, 2.24) is 0 Å². The van der Waals surface area contributed by atoms with Crippen molar-refractivity contribution >= 4 is 34.7 Å². The second-order valence-corrected chi connectivity index (χ2v) is 7.43. The number of rotatable bonds is 3. The number of hydrogen-bond donors (Lipinski definition) is 1. The minimum absolute atomic E-state index is 0.0606. The Labute approximate surface area is 177 Å². The first-order valence-electron chi connectivity index (χ1n) is 9.26. The molecule has 0 unspecified atom stereocenters. The highest BCUT2D eigenvalue weighted by Gasteiger charge is 2.47. The fourth-order valence-electron chi connectivity index (χ4n) is 3.54. The van der Waals surface area contributed by atoms with Gasteiger partial charge in [-0.15, -0.1) is 0 Å². The van der Waals surface area contributed by atoms with Crippen LogP contribution in [0.3, 0.4) is 0 Å². The number of carbonyl (C=O) groups excluding carboxylic acids is 2. The van der Waals surface area contributed by atoms with Crippen LogP contribution in [-0.4, -0.2) is 16.8 Å². The molecule has 0 spiro atoms. The highest BCUT2D eigenvalue weighted by molar-refractivity contribution is 6.51. The van der Waals surface area contributed by atoms with Crippen molar-refractivity contribution in [3.63, 3.8) is 0 Å². The zero-order valence-corrected chi connectivity index (χ0v) is 16.7. The molecule has 1 amide bonds. The summed E-state index contributed by atoms with van der Waals surface area (Å²) in [6.45, 7) is 1.83. The van der Waals surface area contributed by atoms with Crippen LogP contribution in [0.5, 0.6) is 0 Å². The summed E-state index contributed by atoms with van der Waals surface area (Å²) in [6.07, 6.45) is 0. The molecule has 3 aromatic rings. The zero-order chi connectivity index (χ0) is 21.4. The lowest BCUT2D eigenvalue weighted by atomic mass is 9.95. The molecule has 30 heavy (non-hydrogen) atoms. The summed E-state index contributed by atoms with van der Waals surface area (Å²) in [6, 6.07) is 18.1. The van der Waals surface area contributed by atoms with E-state index >= 15 is 0 Å². The van der Waals surface area contributed by atoms with Gasteiger partial charge in [0.1, 0.15) is 11.6 Å². The van der Waals surface area contributed by atoms with Crippen molar-refractivity contribution in [2.24, 2.45) is 0 Å². The maximum Gasteiger partial charge on any atom is 0.300 e. The van der Waals surface area contributed by atoms with Crippen molar-refractivity contribution in [2.45, 2.75) is 13.0 Å². The summed E-state index contributed by atoms with van der Waals surface area (Å²) in [5.41, 5.74) is 2.07. The van der Waals surface area contributed by atoms with Crippen LogP contribution < -0.4 is 4.90 Å². The van der Waals surface area contributed by atoms with E-state index in [2.05, 4.69) is 0 Å². The molecule has 1 heterocycles. The number of anilines is 1. The highest BCUT2D eigenvalue weighted by atomic mass is 35.5. The molecule has 1 N–H and O–H groups in total. The van der Waals surface area contributed by atoms with Gasteiger partial charge >= 0.3 is 0 Å². The van der Waals surface area contributed by atoms with Gasteiger partial charge in [0.15, 0.2) is 0 Å². The molecule has 4 nitrogen and oxygen atoms in total. The Morgan fingerprint density at radius 2 is 1.67 bits per heavy atom. The molecule has 150 valence electrons. The molecule has 1 fully saturated rings. The van der Waals surface area contributed by atoms with Gasteiger partial charge in [0.25, 0.3) is 11.7 Å². The quantitative estimate of drug-likeness (QED) is 0.349. The van der Waals surface area contributed by atoms with Crippen molar-refractivity contribution in [1.29, 1.82) is 0 Å². The molecule has 0 radical (unpaired) electrons. The maximum absolute atomic E-state index is 13.5. The van der Waals surface area contributed by atoms with Gasteiger partial charge < -0.3 is 5.11 Å². The number of aryl methyl sites for hydroxylation is 1. The second kappa shape index (κ2) is 7.76. The van der Waals surface area contributed by atoms with Gasteiger partial charge in [-0.25, -0.2) is 4.39 Å². The lowest BCUT2D eigenvalue weighted by Gasteiger charge is -2.26. The van der Waals surface area contributed by atoms with Gasteiger partial charge in [-0.3, -0.25) is 14.5 Å². The minimum atomic E-state index is -0.926. The van der Waals surface area contributed by atoms with Crippen LogP contribution in [0.15, 0.2) is 78.4 Å². The molecule has 0 aliphatic carbocycles. The lowest BCUT2D eigenvalue weighted by molar-refractivity contribution is -0.132. The van der Waals surface area contributed by atoms with Crippen molar-refractivity contribution < 1.29 is 19.1 Å². The van der Waals surface area contributed by atoms with E-state index in [4.69, 9.17) is 11.6 Å². The number of Topliss-reactive ketones (excluding diaryl/α,β-unsaturated/α-hetero) is 1. The molecule has 6 heteroatoms. The summed E-state index contributed by atoms with van der Waals surface area (Å²) >= 11 is 6.25. The Morgan fingerprint density at radius 1 is 1.00 bits per heavy atom. The van der Waals surface area contributed by atoms with Crippen LogP contribution in [0.1, 0.15) is 22.7 Å². The van der Waals surface area contributed by atoms with E-state index in [0.717, 1.165) is 5.56 Å². The molecule has 3 aromatic carbocycles. The van der Waals surface area contributed by atoms with Crippen LogP contribution >= 0.6 is 11.6 Å². The molecule has 0 bridgehead atoms. The second-order valence-electron chi connectivity index (χ2n) is 7.02. The Kier molecular flexibility index (Phi) is 5.14. The Balaban J connectivity index is 1.95. The molecular formula is C24H17ClFNO3. The van der Waals surface area contributed by atoms with E-state index in [1.165, 1.54) is 29.2 Å². The number of amides is 1. The predicted molar refractivity (Wildman–Crippen MR) is 114 cm³/mol. The third-order valence-corrected chi connectivity index (χ3v) is 5.52. The Hall–Kier alpha value is -3.44. The number of aliphatic hydroxyl groups excluding tert-OH is 1. The number of benzene rings is 3. The summed E-state index contributed by atoms with van der Waals surface area (Å²) in [5, 5.41) is 11.4. The van der Waals surface area contributed by atoms with Crippen LogP contribution in [-0.2, 0) is 9.59 Å². The SMILES string of the molecule is Cc1ccc(N2C(=O)C(=O)C(=C(O)c3ccccc3)[C@H]2c2ccc(F)cc2)cc1Cl. The number of hydrogen-bond acceptors (Lipinski definition) is 3. The molecule has 1 aliphatic rings. The maximum atomic E-state index is 13.5. The van der Waals surface area contributed by atoms with Gasteiger partial charge in [0.05, 0.1) is 11.6 Å². The molecular weight excluding hydrogens is 405 g/mol. The molecule has 1 saturated heterocycles. The standard InChI is InChI=1S/C24H17ClFNO3/c1-14-7-12-18(13-19(14)25)27-21(15-8-10-17(26)11-9-15)20(23(29)24(27)30)22(28)16-5-3-2-4-6-16/h2-13,21,28H,1H3/t21-/m1/s1. The van der Waals surface area contributed by atoms with Gasteiger partial charge in [-0.05, 0) is 42.3 Å². The Bertz CT molecular complexity index is 1170. The average Bonchev–Trinajstić information content (AvgIpc) is 3.01. The lowest BCUT2D eigenvalue weighted by Crippen LogP contribution is -2.29. The topological polar surface area (TPSA) is 57.6 Å². The van der Waals surface area contributed by atoms with Crippen molar-refractivity contribution in [3.05, 3.63) is 106 Å². The first kappa shape index (κ1) is 19.9. The third kappa shape index (κ3) is 3.37. The summed E-state index contributed by atoms with van der Waals surface area (Å²) in [7, 11) is 0. The van der Waals surface area contributed by atoms with Gasteiger partial charge in [-0.1, -0.05) is 60.1 Å². The number of aliphatic hydroxyl groups is 1. The number of nitrogens with zero attached hydrogens (tertiary/aromatic N) is 1. The van der Waals surface area contributed by atoms with Crippen molar-refractivity contribution in [3.8, 4) is 0 Å². The zero-order valence-electron chi connectivity index (χ0n) is 16.0. The summed E-state index contributed by atoms with van der Waals surface area (Å²) in [4.78, 5) is 27.3. The number of carbonyl (C=O) groups is 2. The van der Waals surface area contributed by atoms with Crippen LogP contribution in [0.2, 0.25) is 5.02 Å². The minimum Gasteiger partial charge on any atom is -0.507 e. The monoisotopic (exact) mass is 421 g/mol. The highest BCUT2D eigenvalue weighted by Crippen LogP contribution is 2.42. The van der Waals surface area contributed by atoms with E-state index in [0.29, 0.717) is 21.8 Å². The molecule has 0 aromatic heterocycles. The van der Waals surface area contributed by atoms with E-state index < -0.39 is 23.5 Å². The van der Waals surface area contributed by atoms with E-state index in [1.54, 1.807) is 48.5 Å². The van der Waals surface area contributed by atoms with Crippen molar-refractivity contribution in [2.75, 3.05) is 4.90 Å². The fraction of sp³-hybridized carbons (Fsp3) is 0.0833. The Morgan fingerprint density at radius 3 is 2.30 bits per heavy atom. The van der Waals surface area contributed by atoms with E-state index in [1.807, 2.05) is 6.92 Å². The largest absolute Gasteiger partial charge is 0.507 e. The number of ketones is 1. The first-order chi connectivity index (χ1) is 14.4. The van der Waals surface area contributed by atoms with E-state index in [-0.39, 0.29) is 11.3 Å². The van der Waals surface area contributed by atoms with Gasteiger partial charge in [0.2, 0.25) is 0 Å². The fourth-order valence-corrected chi connectivity index (χ4v) is 3.72. The smallest absolute Gasteiger partial charge is 0.300 e. The van der Waals surface area contributed by atoms with E-state index in [9.17, 15) is 19.1 Å². The summed E-state index contributed by atoms with van der Waals surface area (Å²) in [5.74, 6) is -2.34. The van der Waals surface area contributed by atoms with Crippen LogP contribution in [0.25, 0.3) is 5.76 Å². The molecule has 0 saturated carbocycles. The van der Waals surface area contributed by atoms with Gasteiger partial charge in [0, 0.05) is 16.3 Å².